The summed E-state index contributed by atoms with van der Waals surface area (Å²) in [5, 5.41) is 2.97. The molecule has 7 nitrogen and oxygen atoms in total. The summed E-state index contributed by atoms with van der Waals surface area (Å²) >= 11 is 0. The van der Waals surface area contributed by atoms with Crippen molar-refractivity contribution < 1.29 is 18.7 Å². The summed E-state index contributed by atoms with van der Waals surface area (Å²) < 4.78 is 16.0. The predicted molar refractivity (Wildman–Crippen MR) is 93.8 cm³/mol. The topological polar surface area (TPSA) is 76.8 Å². The Kier molecular flexibility index (Phi) is 6.38. The Hall–Kier alpha value is -1.96. The van der Waals surface area contributed by atoms with Crippen LogP contribution < -0.4 is 5.32 Å². The molecule has 0 radical (unpaired) electrons. The smallest absolute Gasteiger partial charge is 0.251 e. The average Bonchev–Trinajstić information content (AvgIpc) is 3.06. The first kappa shape index (κ1) is 17.8. The Bertz CT molecular complexity index is 695. The molecule has 1 aromatic carbocycles. The second kappa shape index (κ2) is 8.94. The van der Waals surface area contributed by atoms with Crippen molar-refractivity contribution in [3.05, 3.63) is 29.7 Å². The van der Waals surface area contributed by atoms with E-state index >= 15 is 0 Å². The van der Waals surface area contributed by atoms with Crippen LogP contribution in [0.1, 0.15) is 22.7 Å². The molecule has 1 N–H and O–H groups in total. The van der Waals surface area contributed by atoms with Gasteiger partial charge in [0.25, 0.3) is 5.91 Å². The number of benzene rings is 1. The molecule has 136 valence electrons. The van der Waals surface area contributed by atoms with Gasteiger partial charge >= 0.3 is 0 Å². The van der Waals surface area contributed by atoms with E-state index in [9.17, 15) is 4.79 Å². The number of rotatable bonds is 8. The van der Waals surface area contributed by atoms with Crippen LogP contribution in [-0.2, 0) is 15.9 Å². The van der Waals surface area contributed by atoms with Crippen LogP contribution in [0.4, 0.5) is 0 Å². The van der Waals surface area contributed by atoms with Crippen molar-refractivity contribution in [2.75, 3.05) is 53.1 Å². The number of nitrogens with zero attached hydrogens (tertiary/aromatic N) is 2. The van der Waals surface area contributed by atoms with Crippen molar-refractivity contribution in [3.8, 4) is 0 Å². The van der Waals surface area contributed by atoms with E-state index in [1.807, 2.05) is 6.07 Å². The lowest BCUT2D eigenvalue weighted by Crippen LogP contribution is -2.38. The quantitative estimate of drug-likeness (QED) is 0.729. The van der Waals surface area contributed by atoms with Crippen LogP contribution in [-0.4, -0.2) is 68.9 Å². The van der Waals surface area contributed by atoms with Crippen molar-refractivity contribution >= 4 is 17.0 Å². The maximum absolute atomic E-state index is 12.3. The van der Waals surface area contributed by atoms with Gasteiger partial charge < -0.3 is 19.2 Å². The van der Waals surface area contributed by atoms with Crippen LogP contribution >= 0.6 is 0 Å². The lowest BCUT2D eigenvalue weighted by Gasteiger charge is -2.26. The van der Waals surface area contributed by atoms with Gasteiger partial charge in [-0.2, -0.15) is 0 Å². The minimum absolute atomic E-state index is 0.0845. The van der Waals surface area contributed by atoms with Crippen molar-refractivity contribution in [1.29, 1.82) is 0 Å². The minimum Gasteiger partial charge on any atom is -0.441 e. The van der Waals surface area contributed by atoms with Gasteiger partial charge in [0, 0.05) is 38.7 Å². The Balaban J connectivity index is 1.49. The lowest BCUT2D eigenvalue weighted by atomic mass is 10.2. The number of nitrogens with one attached hydrogen (secondary N) is 1. The first-order chi connectivity index (χ1) is 12.3. The predicted octanol–water partition coefficient (Wildman–Crippen LogP) is 1.47. The van der Waals surface area contributed by atoms with E-state index in [1.54, 1.807) is 19.2 Å². The Morgan fingerprint density at radius 3 is 3.00 bits per heavy atom. The molecule has 0 aliphatic carbocycles. The molecule has 2 aromatic rings. The van der Waals surface area contributed by atoms with Gasteiger partial charge in [-0.15, -0.1) is 0 Å². The third-order valence-electron chi connectivity index (χ3n) is 4.26. The Morgan fingerprint density at radius 1 is 1.36 bits per heavy atom. The molecular formula is C18H25N3O4. The van der Waals surface area contributed by atoms with Crippen molar-refractivity contribution in [2.45, 2.75) is 12.8 Å². The molecular weight excluding hydrogens is 322 g/mol. The lowest BCUT2D eigenvalue weighted by molar-refractivity contribution is 0.0374. The largest absolute Gasteiger partial charge is 0.441 e. The number of oxazole rings is 1. The zero-order chi connectivity index (χ0) is 17.5. The monoisotopic (exact) mass is 347 g/mol. The molecule has 1 aliphatic heterocycles. The maximum Gasteiger partial charge on any atom is 0.251 e. The third-order valence-corrected chi connectivity index (χ3v) is 4.26. The van der Waals surface area contributed by atoms with E-state index in [1.165, 1.54) is 0 Å². The highest BCUT2D eigenvalue weighted by molar-refractivity contribution is 5.96. The van der Waals surface area contributed by atoms with Gasteiger partial charge in [-0.05, 0) is 31.2 Å². The van der Waals surface area contributed by atoms with Crippen molar-refractivity contribution in [3.63, 3.8) is 0 Å². The van der Waals surface area contributed by atoms with Crippen LogP contribution in [0.2, 0.25) is 0 Å². The molecule has 0 saturated carbocycles. The molecule has 3 rings (SSSR count). The maximum atomic E-state index is 12.3. The number of fused-ring (bicyclic) bond motifs is 1. The standard InChI is InChI=1S/C18H25N3O4/c1-23-10-5-17-20-15-4-3-14(13-16(15)25-17)18(22)19-6-2-7-21-8-11-24-12-9-21/h3-4,13H,2,5-12H2,1H3,(H,19,22). The molecule has 1 amide bonds. The van der Waals surface area contributed by atoms with Gasteiger partial charge in [-0.25, -0.2) is 4.98 Å². The van der Waals surface area contributed by atoms with Crippen LogP contribution in [0.25, 0.3) is 11.1 Å². The number of hydrogen-bond donors (Lipinski definition) is 1. The van der Waals surface area contributed by atoms with Crippen molar-refractivity contribution in [2.24, 2.45) is 0 Å². The van der Waals surface area contributed by atoms with Gasteiger partial charge in [0.15, 0.2) is 11.5 Å². The zero-order valence-electron chi connectivity index (χ0n) is 14.6. The zero-order valence-corrected chi connectivity index (χ0v) is 14.6. The fourth-order valence-corrected chi connectivity index (χ4v) is 2.84. The summed E-state index contributed by atoms with van der Waals surface area (Å²) in [6, 6.07) is 5.34. The Labute approximate surface area is 147 Å². The summed E-state index contributed by atoms with van der Waals surface area (Å²) in [6.07, 6.45) is 1.55. The van der Waals surface area contributed by atoms with Gasteiger partial charge in [-0.1, -0.05) is 0 Å². The first-order valence-electron chi connectivity index (χ1n) is 8.73. The van der Waals surface area contributed by atoms with Crippen LogP contribution in [0.3, 0.4) is 0 Å². The molecule has 1 aliphatic rings. The van der Waals surface area contributed by atoms with E-state index < -0.39 is 0 Å². The molecule has 1 aromatic heterocycles. The highest BCUT2D eigenvalue weighted by atomic mass is 16.5. The Morgan fingerprint density at radius 2 is 2.20 bits per heavy atom. The summed E-state index contributed by atoms with van der Waals surface area (Å²) in [5.41, 5.74) is 1.98. The second-order valence-electron chi connectivity index (χ2n) is 6.10. The normalized spacial score (nSPS) is 15.6. The molecule has 0 atom stereocenters. The molecule has 25 heavy (non-hydrogen) atoms. The van der Waals surface area contributed by atoms with Gasteiger partial charge in [0.1, 0.15) is 5.52 Å². The molecule has 0 unspecified atom stereocenters. The number of carbonyl (C=O) groups excluding carboxylic acids is 1. The number of ether oxygens (including phenoxy) is 2. The van der Waals surface area contributed by atoms with E-state index in [0.29, 0.717) is 36.6 Å². The van der Waals surface area contributed by atoms with Crippen LogP contribution in [0.5, 0.6) is 0 Å². The number of morpholine rings is 1. The minimum atomic E-state index is -0.0845. The molecule has 1 fully saturated rings. The van der Waals surface area contributed by atoms with Gasteiger partial charge in [-0.3, -0.25) is 9.69 Å². The summed E-state index contributed by atoms with van der Waals surface area (Å²) in [7, 11) is 1.64. The van der Waals surface area contributed by atoms with E-state index in [-0.39, 0.29) is 5.91 Å². The number of methoxy groups -OCH3 is 1. The number of hydrogen-bond acceptors (Lipinski definition) is 6. The van der Waals surface area contributed by atoms with E-state index in [2.05, 4.69) is 15.2 Å². The number of amides is 1. The average molecular weight is 347 g/mol. The molecule has 2 heterocycles. The molecule has 0 spiro atoms. The van der Waals surface area contributed by atoms with Crippen LogP contribution in [0.15, 0.2) is 22.6 Å². The highest BCUT2D eigenvalue weighted by Crippen LogP contribution is 2.17. The third kappa shape index (κ3) is 5.01. The summed E-state index contributed by atoms with van der Waals surface area (Å²) in [5.74, 6) is 0.540. The molecule has 0 bridgehead atoms. The molecule has 1 saturated heterocycles. The van der Waals surface area contributed by atoms with Crippen molar-refractivity contribution in [1.82, 2.24) is 15.2 Å². The summed E-state index contributed by atoms with van der Waals surface area (Å²) in [4.78, 5) is 19.0. The molecule has 7 heteroatoms. The van der Waals surface area contributed by atoms with Crippen LogP contribution in [0, 0.1) is 0 Å². The number of aromatic nitrogens is 1. The number of carbonyl (C=O) groups is 1. The van der Waals surface area contributed by atoms with E-state index in [0.717, 1.165) is 44.8 Å². The van der Waals surface area contributed by atoms with Gasteiger partial charge in [0.2, 0.25) is 0 Å². The SMILES string of the molecule is COCCc1nc2ccc(C(=O)NCCCN3CCOCC3)cc2o1. The summed E-state index contributed by atoms with van der Waals surface area (Å²) in [6.45, 7) is 5.75. The first-order valence-corrected chi connectivity index (χ1v) is 8.73. The fourth-order valence-electron chi connectivity index (χ4n) is 2.84. The van der Waals surface area contributed by atoms with Gasteiger partial charge in [0.05, 0.1) is 19.8 Å². The fraction of sp³-hybridized carbons (Fsp3) is 0.556. The highest BCUT2D eigenvalue weighted by Gasteiger charge is 2.12. The van der Waals surface area contributed by atoms with E-state index in [4.69, 9.17) is 13.9 Å². The second-order valence-corrected chi connectivity index (χ2v) is 6.10.